The van der Waals surface area contributed by atoms with E-state index in [0.717, 1.165) is 13.0 Å². The summed E-state index contributed by atoms with van der Waals surface area (Å²) in [7, 11) is 0. The Morgan fingerprint density at radius 3 is 2.74 bits per heavy atom. The summed E-state index contributed by atoms with van der Waals surface area (Å²) in [4.78, 5) is 0. The number of aryl methyl sites for hydroxylation is 1. The molecular formula is C17H26N2. The van der Waals surface area contributed by atoms with E-state index in [9.17, 15) is 0 Å². The predicted octanol–water partition coefficient (Wildman–Crippen LogP) is 4.11. The first-order valence-electron chi connectivity index (χ1n) is 7.54. The molecule has 0 radical (unpaired) electrons. The Kier molecular flexibility index (Phi) is 5.03. The summed E-state index contributed by atoms with van der Waals surface area (Å²) in [5.74, 6) is 0. The number of rotatable bonds is 7. The molecule has 1 unspecified atom stereocenters. The molecule has 0 aliphatic rings. The molecule has 2 heteroatoms. The van der Waals surface area contributed by atoms with Crippen LogP contribution in [0.5, 0.6) is 0 Å². The molecule has 104 valence electrons. The number of benzene rings is 1. The number of fused-ring (bicyclic) bond motifs is 1. The van der Waals surface area contributed by atoms with Gasteiger partial charge in [-0.2, -0.15) is 0 Å². The van der Waals surface area contributed by atoms with Crippen LogP contribution in [0.1, 0.15) is 45.1 Å². The molecule has 0 spiro atoms. The van der Waals surface area contributed by atoms with Gasteiger partial charge in [0.1, 0.15) is 0 Å². The second kappa shape index (κ2) is 6.76. The van der Waals surface area contributed by atoms with Crippen molar-refractivity contribution in [2.45, 2.75) is 58.5 Å². The van der Waals surface area contributed by atoms with E-state index in [-0.39, 0.29) is 6.04 Å². The maximum Gasteiger partial charge on any atom is 0.0483 e. The Balaban J connectivity index is 2.10. The zero-order valence-corrected chi connectivity index (χ0v) is 12.2. The number of nitrogens with two attached hydrogens (primary N) is 1. The van der Waals surface area contributed by atoms with E-state index in [4.69, 9.17) is 5.73 Å². The van der Waals surface area contributed by atoms with Crippen LogP contribution in [0.4, 0.5) is 0 Å². The lowest BCUT2D eigenvalue weighted by atomic mass is 10.1. The summed E-state index contributed by atoms with van der Waals surface area (Å²) in [6, 6.07) is 9.16. The van der Waals surface area contributed by atoms with Crippen LogP contribution in [0.25, 0.3) is 10.9 Å². The van der Waals surface area contributed by atoms with E-state index in [2.05, 4.69) is 48.9 Å². The summed E-state index contributed by atoms with van der Waals surface area (Å²) in [6.07, 6.45) is 8.41. The fraction of sp³-hybridized carbons (Fsp3) is 0.529. The minimum Gasteiger partial charge on any atom is -0.347 e. The SMILES string of the molecule is CCCCCCn1ccc2ccc(CC(C)N)cc21. The van der Waals surface area contributed by atoms with Gasteiger partial charge in [0.05, 0.1) is 0 Å². The predicted molar refractivity (Wildman–Crippen MR) is 83.4 cm³/mol. The highest BCUT2D eigenvalue weighted by Crippen LogP contribution is 2.19. The summed E-state index contributed by atoms with van der Waals surface area (Å²) in [6.45, 7) is 5.45. The number of hydrogen-bond acceptors (Lipinski definition) is 1. The van der Waals surface area contributed by atoms with Gasteiger partial charge in [-0.25, -0.2) is 0 Å². The normalized spacial score (nSPS) is 13.0. The lowest BCUT2D eigenvalue weighted by molar-refractivity contribution is 0.593. The van der Waals surface area contributed by atoms with Crippen molar-refractivity contribution < 1.29 is 0 Å². The van der Waals surface area contributed by atoms with E-state index >= 15 is 0 Å². The van der Waals surface area contributed by atoms with E-state index in [1.165, 1.54) is 42.1 Å². The molecule has 1 atom stereocenters. The molecule has 1 aromatic heterocycles. The van der Waals surface area contributed by atoms with Gasteiger partial charge in [0.15, 0.2) is 0 Å². The highest BCUT2D eigenvalue weighted by molar-refractivity contribution is 5.80. The second-order valence-electron chi connectivity index (χ2n) is 5.64. The number of unbranched alkanes of at least 4 members (excludes halogenated alkanes) is 3. The molecule has 2 N–H and O–H groups in total. The van der Waals surface area contributed by atoms with Crippen LogP contribution in [-0.2, 0) is 13.0 Å². The first kappa shape index (κ1) is 14.1. The average Bonchev–Trinajstić information content (AvgIpc) is 2.77. The first-order valence-corrected chi connectivity index (χ1v) is 7.54. The van der Waals surface area contributed by atoms with Crippen LogP contribution >= 0.6 is 0 Å². The number of aromatic nitrogens is 1. The largest absolute Gasteiger partial charge is 0.347 e. The van der Waals surface area contributed by atoms with Gasteiger partial charge in [0.25, 0.3) is 0 Å². The minimum absolute atomic E-state index is 0.227. The maximum atomic E-state index is 5.89. The van der Waals surface area contributed by atoms with Crippen molar-refractivity contribution in [1.82, 2.24) is 4.57 Å². The fourth-order valence-corrected chi connectivity index (χ4v) is 2.63. The third-order valence-electron chi connectivity index (χ3n) is 3.65. The van der Waals surface area contributed by atoms with Gasteiger partial charge in [-0.15, -0.1) is 0 Å². The van der Waals surface area contributed by atoms with Crippen molar-refractivity contribution in [2.75, 3.05) is 0 Å². The molecule has 2 rings (SSSR count). The third kappa shape index (κ3) is 3.84. The Hall–Kier alpha value is -1.28. The van der Waals surface area contributed by atoms with Gasteiger partial charge in [-0.3, -0.25) is 0 Å². The van der Waals surface area contributed by atoms with Crippen LogP contribution in [0.3, 0.4) is 0 Å². The molecule has 0 aliphatic heterocycles. The van der Waals surface area contributed by atoms with Crippen molar-refractivity contribution >= 4 is 10.9 Å². The van der Waals surface area contributed by atoms with Crippen LogP contribution in [-0.4, -0.2) is 10.6 Å². The van der Waals surface area contributed by atoms with Crippen molar-refractivity contribution in [1.29, 1.82) is 0 Å². The zero-order chi connectivity index (χ0) is 13.7. The number of hydrogen-bond donors (Lipinski definition) is 1. The molecule has 0 saturated heterocycles. The highest BCUT2D eigenvalue weighted by atomic mass is 14.9. The Labute approximate surface area is 116 Å². The van der Waals surface area contributed by atoms with E-state index < -0.39 is 0 Å². The van der Waals surface area contributed by atoms with Crippen molar-refractivity contribution in [3.8, 4) is 0 Å². The number of nitrogens with zero attached hydrogens (tertiary/aromatic N) is 1. The average molecular weight is 258 g/mol. The third-order valence-corrected chi connectivity index (χ3v) is 3.65. The van der Waals surface area contributed by atoms with Crippen LogP contribution in [0.2, 0.25) is 0 Å². The van der Waals surface area contributed by atoms with Crippen molar-refractivity contribution in [3.05, 3.63) is 36.0 Å². The quantitative estimate of drug-likeness (QED) is 0.744. The van der Waals surface area contributed by atoms with E-state index in [0.29, 0.717) is 0 Å². The van der Waals surface area contributed by atoms with Gasteiger partial charge >= 0.3 is 0 Å². The monoisotopic (exact) mass is 258 g/mol. The van der Waals surface area contributed by atoms with E-state index in [1.54, 1.807) is 0 Å². The molecule has 0 saturated carbocycles. The molecule has 0 aliphatic carbocycles. The standard InChI is InChI=1S/C17H26N2/c1-3-4-5-6-10-19-11-9-16-8-7-15(12-14(2)18)13-17(16)19/h7-9,11,13-14H,3-6,10,12,18H2,1-2H3. The molecule has 0 fully saturated rings. The van der Waals surface area contributed by atoms with E-state index in [1.807, 2.05) is 0 Å². The molecule has 0 amide bonds. The smallest absolute Gasteiger partial charge is 0.0483 e. The molecule has 19 heavy (non-hydrogen) atoms. The molecule has 1 aromatic carbocycles. The highest BCUT2D eigenvalue weighted by Gasteiger charge is 2.04. The van der Waals surface area contributed by atoms with Gasteiger partial charge in [0, 0.05) is 24.3 Å². The molecule has 2 nitrogen and oxygen atoms in total. The molecule has 0 bridgehead atoms. The Morgan fingerprint density at radius 2 is 2.00 bits per heavy atom. The van der Waals surface area contributed by atoms with Crippen LogP contribution in [0.15, 0.2) is 30.5 Å². The van der Waals surface area contributed by atoms with Crippen LogP contribution < -0.4 is 5.73 Å². The second-order valence-corrected chi connectivity index (χ2v) is 5.64. The first-order chi connectivity index (χ1) is 9.20. The van der Waals surface area contributed by atoms with Gasteiger partial charge in [-0.05, 0) is 42.8 Å². The lowest BCUT2D eigenvalue weighted by Crippen LogP contribution is -2.17. The maximum absolute atomic E-state index is 5.89. The molecule has 1 heterocycles. The van der Waals surface area contributed by atoms with Gasteiger partial charge < -0.3 is 10.3 Å². The zero-order valence-electron chi connectivity index (χ0n) is 12.2. The topological polar surface area (TPSA) is 30.9 Å². The summed E-state index contributed by atoms with van der Waals surface area (Å²) in [5.41, 5.74) is 8.59. The molecular weight excluding hydrogens is 232 g/mol. The van der Waals surface area contributed by atoms with Crippen molar-refractivity contribution in [2.24, 2.45) is 5.73 Å². The molecule has 2 aromatic rings. The lowest BCUT2D eigenvalue weighted by Gasteiger charge is -2.08. The van der Waals surface area contributed by atoms with Crippen LogP contribution in [0, 0.1) is 0 Å². The fourth-order valence-electron chi connectivity index (χ4n) is 2.63. The van der Waals surface area contributed by atoms with Gasteiger partial charge in [0.2, 0.25) is 0 Å². The minimum atomic E-state index is 0.227. The Bertz CT molecular complexity index is 511. The Morgan fingerprint density at radius 1 is 1.16 bits per heavy atom. The van der Waals surface area contributed by atoms with Gasteiger partial charge in [-0.1, -0.05) is 38.3 Å². The summed E-state index contributed by atoms with van der Waals surface area (Å²) < 4.78 is 2.38. The summed E-state index contributed by atoms with van der Waals surface area (Å²) in [5, 5.41) is 1.34. The van der Waals surface area contributed by atoms with Crippen molar-refractivity contribution in [3.63, 3.8) is 0 Å². The summed E-state index contributed by atoms with van der Waals surface area (Å²) >= 11 is 0.